The first-order chi connectivity index (χ1) is 9.67. The van der Waals surface area contributed by atoms with E-state index in [-0.39, 0.29) is 0 Å². The Morgan fingerprint density at radius 1 is 1.00 bits per heavy atom. The van der Waals surface area contributed by atoms with Gasteiger partial charge in [0.15, 0.2) is 0 Å². The number of aromatic hydroxyl groups is 1. The standard InChI is InChI=1S/C18H23NO/c1-14-5-3-6-15(9-14)10-17(13-19-2)11-16-7-4-8-18(20)12-16/h3-9,12,17,19-20H,10-11,13H2,1-2H3. The predicted molar refractivity (Wildman–Crippen MR) is 84.1 cm³/mol. The molecule has 0 aliphatic carbocycles. The Morgan fingerprint density at radius 3 is 2.25 bits per heavy atom. The van der Waals surface area contributed by atoms with Crippen LogP contribution in [0, 0.1) is 12.8 Å². The molecule has 2 nitrogen and oxygen atoms in total. The number of hydrogen-bond acceptors (Lipinski definition) is 2. The molecule has 0 aromatic heterocycles. The minimum absolute atomic E-state index is 0.348. The van der Waals surface area contributed by atoms with Gasteiger partial charge in [0, 0.05) is 0 Å². The summed E-state index contributed by atoms with van der Waals surface area (Å²) in [6.07, 6.45) is 2.03. The maximum absolute atomic E-state index is 9.57. The number of phenolic OH excluding ortho intramolecular Hbond substituents is 1. The van der Waals surface area contributed by atoms with Gasteiger partial charge in [-0.2, -0.15) is 0 Å². The van der Waals surface area contributed by atoms with Crippen LogP contribution in [-0.4, -0.2) is 18.7 Å². The minimum atomic E-state index is 0.348. The van der Waals surface area contributed by atoms with Crippen LogP contribution in [0.4, 0.5) is 0 Å². The van der Waals surface area contributed by atoms with E-state index in [4.69, 9.17) is 0 Å². The van der Waals surface area contributed by atoms with E-state index in [9.17, 15) is 5.11 Å². The van der Waals surface area contributed by atoms with Gasteiger partial charge in [-0.1, -0.05) is 42.0 Å². The Labute approximate surface area is 121 Å². The molecule has 0 spiro atoms. The molecule has 1 unspecified atom stereocenters. The van der Waals surface area contributed by atoms with Crippen molar-refractivity contribution in [3.63, 3.8) is 0 Å². The molecule has 1 atom stereocenters. The van der Waals surface area contributed by atoms with Gasteiger partial charge in [-0.05, 0) is 62.5 Å². The van der Waals surface area contributed by atoms with Crippen LogP contribution in [-0.2, 0) is 12.8 Å². The molecule has 20 heavy (non-hydrogen) atoms. The molecule has 0 amide bonds. The third-order valence-corrected chi connectivity index (χ3v) is 3.53. The lowest BCUT2D eigenvalue weighted by Crippen LogP contribution is -2.22. The molecular formula is C18H23NO. The first kappa shape index (κ1) is 14.6. The fraction of sp³-hybridized carbons (Fsp3) is 0.333. The van der Waals surface area contributed by atoms with Crippen LogP contribution in [0.15, 0.2) is 48.5 Å². The Kier molecular flexibility index (Phi) is 5.19. The maximum atomic E-state index is 9.57. The van der Waals surface area contributed by atoms with Crippen molar-refractivity contribution in [2.75, 3.05) is 13.6 Å². The lowest BCUT2D eigenvalue weighted by Gasteiger charge is -2.17. The van der Waals surface area contributed by atoms with E-state index in [2.05, 4.69) is 42.6 Å². The molecule has 2 rings (SSSR count). The fourth-order valence-electron chi connectivity index (χ4n) is 2.69. The summed E-state index contributed by atoms with van der Waals surface area (Å²) in [5.41, 5.74) is 3.88. The van der Waals surface area contributed by atoms with Gasteiger partial charge in [0.05, 0.1) is 0 Å². The number of hydrogen-bond donors (Lipinski definition) is 2. The van der Waals surface area contributed by atoms with Crippen molar-refractivity contribution < 1.29 is 5.11 Å². The third-order valence-electron chi connectivity index (χ3n) is 3.53. The minimum Gasteiger partial charge on any atom is -0.508 e. The number of aryl methyl sites for hydroxylation is 1. The quantitative estimate of drug-likeness (QED) is 0.843. The second-order valence-electron chi connectivity index (χ2n) is 5.49. The summed E-state index contributed by atoms with van der Waals surface area (Å²) in [7, 11) is 1.99. The zero-order valence-corrected chi connectivity index (χ0v) is 12.3. The summed E-state index contributed by atoms with van der Waals surface area (Å²) in [4.78, 5) is 0. The van der Waals surface area contributed by atoms with Gasteiger partial charge < -0.3 is 10.4 Å². The zero-order valence-electron chi connectivity index (χ0n) is 12.3. The third kappa shape index (κ3) is 4.39. The van der Waals surface area contributed by atoms with E-state index < -0.39 is 0 Å². The number of phenols is 1. The Morgan fingerprint density at radius 2 is 1.65 bits per heavy atom. The largest absolute Gasteiger partial charge is 0.508 e. The summed E-state index contributed by atoms with van der Waals surface area (Å²) >= 11 is 0. The van der Waals surface area contributed by atoms with Crippen molar-refractivity contribution in [1.82, 2.24) is 5.32 Å². The number of rotatable bonds is 6. The SMILES string of the molecule is CNCC(Cc1cccc(C)c1)Cc1cccc(O)c1. The van der Waals surface area contributed by atoms with Gasteiger partial charge in [0.1, 0.15) is 5.75 Å². The molecule has 0 aliphatic heterocycles. The lowest BCUT2D eigenvalue weighted by molar-refractivity contribution is 0.469. The van der Waals surface area contributed by atoms with Crippen LogP contribution >= 0.6 is 0 Å². The molecule has 2 N–H and O–H groups in total. The number of benzene rings is 2. The lowest BCUT2D eigenvalue weighted by atomic mass is 9.92. The Bertz CT molecular complexity index is 503. The molecule has 2 aromatic rings. The summed E-state index contributed by atoms with van der Waals surface area (Å²) in [6, 6.07) is 16.3. The van der Waals surface area contributed by atoms with Gasteiger partial charge in [-0.25, -0.2) is 0 Å². The highest BCUT2D eigenvalue weighted by Gasteiger charge is 2.10. The van der Waals surface area contributed by atoms with Crippen LogP contribution in [0.1, 0.15) is 16.7 Å². The van der Waals surface area contributed by atoms with Gasteiger partial charge >= 0.3 is 0 Å². The van der Waals surface area contributed by atoms with E-state index in [0.29, 0.717) is 11.7 Å². The zero-order chi connectivity index (χ0) is 14.4. The van der Waals surface area contributed by atoms with Crippen molar-refractivity contribution >= 4 is 0 Å². The highest BCUT2D eigenvalue weighted by molar-refractivity contribution is 5.28. The number of nitrogens with one attached hydrogen (secondary N) is 1. The summed E-state index contributed by atoms with van der Waals surface area (Å²) in [5, 5.41) is 12.8. The Hall–Kier alpha value is -1.80. The fourth-order valence-corrected chi connectivity index (χ4v) is 2.69. The van der Waals surface area contributed by atoms with Gasteiger partial charge in [0.25, 0.3) is 0 Å². The normalized spacial score (nSPS) is 12.3. The monoisotopic (exact) mass is 269 g/mol. The van der Waals surface area contributed by atoms with Crippen molar-refractivity contribution in [2.24, 2.45) is 5.92 Å². The van der Waals surface area contributed by atoms with Crippen LogP contribution in [0.3, 0.4) is 0 Å². The van der Waals surface area contributed by atoms with Crippen molar-refractivity contribution in [1.29, 1.82) is 0 Å². The van der Waals surface area contributed by atoms with Crippen molar-refractivity contribution in [3.05, 3.63) is 65.2 Å². The van der Waals surface area contributed by atoms with E-state index in [1.54, 1.807) is 6.07 Å². The molecule has 2 heteroatoms. The average molecular weight is 269 g/mol. The molecule has 0 saturated carbocycles. The molecule has 0 fully saturated rings. The van der Waals surface area contributed by atoms with Crippen LogP contribution in [0.2, 0.25) is 0 Å². The molecule has 0 aliphatic rings. The van der Waals surface area contributed by atoms with E-state index in [0.717, 1.165) is 19.4 Å². The summed E-state index contributed by atoms with van der Waals surface area (Å²) < 4.78 is 0. The smallest absolute Gasteiger partial charge is 0.115 e. The van der Waals surface area contributed by atoms with E-state index in [1.807, 2.05) is 19.2 Å². The van der Waals surface area contributed by atoms with Crippen LogP contribution < -0.4 is 5.32 Å². The molecule has 0 bridgehead atoms. The van der Waals surface area contributed by atoms with E-state index in [1.165, 1.54) is 16.7 Å². The molecule has 0 radical (unpaired) electrons. The van der Waals surface area contributed by atoms with Gasteiger partial charge in [-0.3, -0.25) is 0 Å². The maximum Gasteiger partial charge on any atom is 0.115 e. The molecular weight excluding hydrogens is 246 g/mol. The first-order valence-electron chi connectivity index (χ1n) is 7.15. The van der Waals surface area contributed by atoms with Crippen LogP contribution in [0.5, 0.6) is 5.75 Å². The predicted octanol–water partition coefficient (Wildman–Crippen LogP) is 3.32. The molecule has 2 aromatic carbocycles. The second kappa shape index (κ2) is 7.11. The average Bonchev–Trinajstić information content (AvgIpc) is 2.39. The van der Waals surface area contributed by atoms with Crippen molar-refractivity contribution in [3.8, 4) is 5.75 Å². The Balaban J connectivity index is 2.07. The van der Waals surface area contributed by atoms with Crippen LogP contribution in [0.25, 0.3) is 0 Å². The summed E-state index contributed by atoms with van der Waals surface area (Å²) in [6.45, 7) is 3.11. The van der Waals surface area contributed by atoms with Crippen molar-refractivity contribution in [2.45, 2.75) is 19.8 Å². The topological polar surface area (TPSA) is 32.3 Å². The van der Waals surface area contributed by atoms with Gasteiger partial charge in [0.2, 0.25) is 0 Å². The van der Waals surface area contributed by atoms with E-state index >= 15 is 0 Å². The summed E-state index contributed by atoms with van der Waals surface area (Å²) in [5.74, 6) is 0.880. The molecule has 0 heterocycles. The first-order valence-corrected chi connectivity index (χ1v) is 7.15. The van der Waals surface area contributed by atoms with Gasteiger partial charge in [-0.15, -0.1) is 0 Å². The highest BCUT2D eigenvalue weighted by Crippen LogP contribution is 2.18. The highest BCUT2D eigenvalue weighted by atomic mass is 16.3. The molecule has 106 valence electrons. The molecule has 0 saturated heterocycles. The second-order valence-corrected chi connectivity index (χ2v) is 5.49.